The van der Waals surface area contributed by atoms with E-state index in [1.165, 1.54) is 0 Å². The molecule has 0 aromatic rings. The third-order valence-electron chi connectivity index (χ3n) is 5.37. The third kappa shape index (κ3) is 1.17. The monoisotopic (exact) mass is 180 g/mol. The lowest BCUT2D eigenvalue weighted by molar-refractivity contribution is 0.0543. The highest BCUT2D eigenvalue weighted by molar-refractivity contribution is 5.05. The molecule has 0 heteroatoms. The van der Waals surface area contributed by atoms with E-state index in [9.17, 15) is 0 Å². The van der Waals surface area contributed by atoms with Gasteiger partial charge in [-0.15, -0.1) is 0 Å². The summed E-state index contributed by atoms with van der Waals surface area (Å²) in [5, 5.41) is 0. The summed E-state index contributed by atoms with van der Waals surface area (Å²) in [5.74, 6) is 7.09. The molecule has 0 heterocycles. The summed E-state index contributed by atoms with van der Waals surface area (Å²) in [6, 6.07) is 0. The first-order valence-corrected chi connectivity index (χ1v) is 6.04. The molecule has 5 atom stereocenters. The zero-order chi connectivity index (χ0) is 9.75. The first kappa shape index (κ1) is 9.55. The van der Waals surface area contributed by atoms with Crippen LogP contribution < -0.4 is 0 Å². The van der Waals surface area contributed by atoms with E-state index in [0.717, 1.165) is 41.4 Å². The van der Waals surface area contributed by atoms with Crippen molar-refractivity contribution in [2.45, 2.75) is 41.0 Å². The molecule has 0 amide bonds. The first-order valence-electron chi connectivity index (χ1n) is 6.04. The molecule has 3 saturated carbocycles. The zero-order valence-corrected chi connectivity index (χ0v) is 9.75. The van der Waals surface area contributed by atoms with Crippen LogP contribution in [-0.2, 0) is 0 Å². The number of rotatable bonds is 2. The van der Waals surface area contributed by atoms with E-state index in [4.69, 9.17) is 0 Å². The van der Waals surface area contributed by atoms with Crippen LogP contribution in [0.2, 0.25) is 0 Å². The molecule has 3 rings (SSSR count). The second-order valence-electron chi connectivity index (χ2n) is 5.96. The molecular weight excluding hydrogens is 156 g/mol. The van der Waals surface area contributed by atoms with Crippen molar-refractivity contribution in [1.82, 2.24) is 0 Å². The lowest BCUT2D eigenvalue weighted by Crippen LogP contribution is -2.37. The SMILES string of the molecule is CC(C)C(C)C1C2CC1C(C)C2C. The molecule has 0 aromatic carbocycles. The van der Waals surface area contributed by atoms with Gasteiger partial charge in [-0.2, -0.15) is 0 Å². The maximum Gasteiger partial charge on any atom is -0.0324 e. The van der Waals surface area contributed by atoms with Crippen LogP contribution in [0.3, 0.4) is 0 Å². The van der Waals surface area contributed by atoms with Gasteiger partial charge in [0.25, 0.3) is 0 Å². The Kier molecular flexibility index (Phi) is 2.20. The van der Waals surface area contributed by atoms with Crippen LogP contribution in [0.1, 0.15) is 41.0 Å². The molecule has 3 aliphatic carbocycles. The second-order valence-corrected chi connectivity index (χ2v) is 5.96. The Balaban J connectivity index is 2.06. The Morgan fingerprint density at radius 3 is 1.69 bits per heavy atom. The van der Waals surface area contributed by atoms with Crippen LogP contribution in [0.4, 0.5) is 0 Å². The maximum absolute atomic E-state index is 2.47. The molecule has 0 N–H and O–H groups in total. The molecule has 3 aliphatic rings. The Labute approximate surface area is 83.1 Å². The first-order chi connectivity index (χ1) is 6.04. The fourth-order valence-electron chi connectivity index (χ4n) is 3.88. The summed E-state index contributed by atoms with van der Waals surface area (Å²) in [7, 11) is 0. The fourth-order valence-corrected chi connectivity index (χ4v) is 3.88. The van der Waals surface area contributed by atoms with Crippen molar-refractivity contribution >= 4 is 0 Å². The highest BCUT2D eigenvalue weighted by Crippen LogP contribution is 2.63. The molecule has 13 heavy (non-hydrogen) atoms. The summed E-state index contributed by atoms with van der Waals surface area (Å²) < 4.78 is 0. The van der Waals surface area contributed by atoms with Crippen LogP contribution in [-0.4, -0.2) is 0 Å². The minimum absolute atomic E-state index is 0.882. The predicted molar refractivity (Wildman–Crippen MR) is 57.4 cm³/mol. The van der Waals surface area contributed by atoms with Crippen molar-refractivity contribution in [3.05, 3.63) is 0 Å². The van der Waals surface area contributed by atoms with Gasteiger partial charge >= 0.3 is 0 Å². The fraction of sp³-hybridized carbons (Fsp3) is 1.00. The molecule has 0 aromatic heterocycles. The predicted octanol–water partition coefficient (Wildman–Crippen LogP) is 3.82. The minimum atomic E-state index is 0.882. The van der Waals surface area contributed by atoms with Crippen LogP contribution in [0.25, 0.3) is 0 Å². The normalized spacial score (nSPS) is 50.8. The van der Waals surface area contributed by atoms with Gasteiger partial charge < -0.3 is 0 Å². The van der Waals surface area contributed by atoms with E-state index < -0.39 is 0 Å². The van der Waals surface area contributed by atoms with Crippen molar-refractivity contribution in [2.24, 2.45) is 41.4 Å². The molecule has 76 valence electrons. The van der Waals surface area contributed by atoms with Crippen molar-refractivity contribution in [2.75, 3.05) is 0 Å². The maximum atomic E-state index is 2.47. The van der Waals surface area contributed by atoms with Gasteiger partial charge in [0.2, 0.25) is 0 Å². The Hall–Kier alpha value is 0. The lowest BCUT2D eigenvalue weighted by Gasteiger charge is -2.43. The quantitative estimate of drug-likeness (QED) is 0.606. The van der Waals surface area contributed by atoms with Gasteiger partial charge in [-0.3, -0.25) is 0 Å². The standard InChI is InChI=1S/C13H24/c1-7(2)8(3)13-11-6-12(13)10(5)9(11)4/h7-13H,6H2,1-5H3. The Morgan fingerprint density at radius 1 is 0.923 bits per heavy atom. The average Bonchev–Trinajstić information content (AvgIpc) is 2.38. The van der Waals surface area contributed by atoms with E-state index in [1.54, 1.807) is 6.42 Å². The highest BCUT2D eigenvalue weighted by Gasteiger charge is 2.56. The summed E-state index contributed by atoms with van der Waals surface area (Å²) in [6.07, 6.45) is 1.55. The smallest absolute Gasteiger partial charge is 0.0324 e. The number of fused-ring (bicyclic) bond motifs is 1. The van der Waals surface area contributed by atoms with E-state index >= 15 is 0 Å². The molecule has 0 radical (unpaired) electrons. The summed E-state index contributed by atoms with van der Waals surface area (Å²) in [4.78, 5) is 0. The molecule has 2 bridgehead atoms. The van der Waals surface area contributed by atoms with Crippen LogP contribution in [0, 0.1) is 41.4 Å². The van der Waals surface area contributed by atoms with Gasteiger partial charge in [0.05, 0.1) is 0 Å². The van der Waals surface area contributed by atoms with Crippen LogP contribution in [0.15, 0.2) is 0 Å². The van der Waals surface area contributed by atoms with Gasteiger partial charge in [0.15, 0.2) is 0 Å². The molecule has 0 saturated heterocycles. The van der Waals surface area contributed by atoms with Crippen LogP contribution >= 0.6 is 0 Å². The van der Waals surface area contributed by atoms with Gasteiger partial charge in [0.1, 0.15) is 0 Å². The van der Waals surface area contributed by atoms with E-state index in [2.05, 4.69) is 34.6 Å². The summed E-state index contributed by atoms with van der Waals surface area (Å²) in [6.45, 7) is 12.2. The van der Waals surface area contributed by atoms with Gasteiger partial charge in [0, 0.05) is 0 Å². The largest absolute Gasteiger partial charge is 0.0625 e. The Morgan fingerprint density at radius 2 is 1.38 bits per heavy atom. The van der Waals surface area contributed by atoms with Gasteiger partial charge in [-0.25, -0.2) is 0 Å². The van der Waals surface area contributed by atoms with E-state index in [1.807, 2.05) is 0 Å². The summed E-state index contributed by atoms with van der Waals surface area (Å²) >= 11 is 0. The van der Waals surface area contributed by atoms with Gasteiger partial charge in [-0.1, -0.05) is 34.6 Å². The second kappa shape index (κ2) is 3.00. The summed E-state index contributed by atoms with van der Waals surface area (Å²) in [5.41, 5.74) is 0. The topological polar surface area (TPSA) is 0 Å². The van der Waals surface area contributed by atoms with Crippen molar-refractivity contribution < 1.29 is 0 Å². The molecule has 5 unspecified atom stereocenters. The highest BCUT2D eigenvalue weighted by atomic mass is 14.6. The molecule has 3 fully saturated rings. The van der Waals surface area contributed by atoms with Gasteiger partial charge in [-0.05, 0) is 47.8 Å². The van der Waals surface area contributed by atoms with Crippen molar-refractivity contribution in [3.63, 3.8) is 0 Å². The minimum Gasteiger partial charge on any atom is -0.0625 e. The Bertz CT molecular complexity index is 177. The number of hydrogen-bond acceptors (Lipinski definition) is 0. The van der Waals surface area contributed by atoms with E-state index in [-0.39, 0.29) is 0 Å². The molecule has 0 spiro atoms. The van der Waals surface area contributed by atoms with Crippen LogP contribution in [0.5, 0.6) is 0 Å². The molecular formula is C13H24. The number of hydrogen-bond donors (Lipinski definition) is 0. The molecule has 0 aliphatic heterocycles. The third-order valence-corrected chi connectivity index (χ3v) is 5.37. The lowest BCUT2D eigenvalue weighted by atomic mass is 9.62. The van der Waals surface area contributed by atoms with Crippen molar-refractivity contribution in [1.29, 1.82) is 0 Å². The average molecular weight is 180 g/mol. The van der Waals surface area contributed by atoms with E-state index in [0.29, 0.717) is 0 Å². The molecule has 0 nitrogen and oxygen atoms in total. The zero-order valence-electron chi connectivity index (χ0n) is 9.75. The van der Waals surface area contributed by atoms with Crippen molar-refractivity contribution in [3.8, 4) is 0 Å².